The van der Waals surface area contributed by atoms with E-state index in [9.17, 15) is 9.59 Å². The summed E-state index contributed by atoms with van der Waals surface area (Å²) in [5.74, 6) is -0.365. The molecule has 0 atom stereocenters. The minimum Gasteiger partial charge on any atom is -0.462 e. The monoisotopic (exact) mass is 267 g/mol. The fourth-order valence-electron chi connectivity index (χ4n) is 1.84. The predicted molar refractivity (Wildman–Crippen MR) is 76.3 cm³/mol. The smallest absolute Gasteiger partial charge is 0.338 e. The molecule has 0 unspecified atom stereocenters. The topological polar surface area (TPSA) is 43.4 Å². The minimum atomic E-state index is -0.365. The van der Waals surface area contributed by atoms with Crippen LogP contribution in [0.5, 0.6) is 0 Å². The van der Waals surface area contributed by atoms with Crippen LogP contribution in [0.25, 0.3) is 0 Å². The summed E-state index contributed by atoms with van der Waals surface area (Å²) < 4.78 is 5.19. The van der Waals surface area contributed by atoms with Crippen LogP contribution in [-0.2, 0) is 16.0 Å². The third kappa shape index (κ3) is 4.05. The van der Waals surface area contributed by atoms with Crippen LogP contribution >= 0.6 is 0 Å². The van der Waals surface area contributed by atoms with E-state index in [1.54, 1.807) is 30.6 Å². The Balaban J connectivity index is 1.76. The first-order chi connectivity index (χ1) is 9.79. The molecule has 0 saturated heterocycles. The van der Waals surface area contributed by atoms with Gasteiger partial charge in [0.15, 0.2) is 0 Å². The molecule has 0 aliphatic rings. The predicted octanol–water partition coefficient (Wildman–Crippen LogP) is 2.93. The van der Waals surface area contributed by atoms with Crippen LogP contribution in [0.1, 0.15) is 27.9 Å². The van der Waals surface area contributed by atoms with Gasteiger partial charge in [-0.2, -0.15) is 0 Å². The van der Waals surface area contributed by atoms with Crippen molar-refractivity contribution in [3.63, 3.8) is 0 Å². The second-order valence-electron chi connectivity index (χ2n) is 4.40. The Morgan fingerprint density at radius 2 is 1.70 bits per heavy atom. The average molecular weight is 267 g/mol. The molecule has 20 heavy (non-hydrogen) atoms. The summed E-state index contributed by atoms with van der Waals surface area (Å²) in [6, 6.07) is 16.3. The van der Waals surface area contributed by atoms with Gasteiger partial charge in [0.25, 0.3) is 0 Å². The average Bonchev–Trinajstić information content (AvgIpc) is 2.52. The highest BCUT2D eigenvalue weighted by atomic mass is 16.5. The zero-order chi connectivity index (χ0) is 14.2. The van der Waals surface area contributed by atoms with Gasteiger partial charge in [0.1, 0.15) is 0 Å². The van der Waals surface area contributed by atoms with E-state index in [4.69, 9.17) is 4.74 Å². The van der Waals surface area contributed by atoms with Crippen LogP contribution in [-0.4, -0.2) is 18.9 Å². The first-order valence-corrected chi connectivity index (χ1v) is 6.49. The fraction of sp³-hybridized carbons (Fsp3) is 0.176. The molecule has 3 heteroatoms. The van der Waals surface area contributed by atoms with Crippen molar-refractivity contribution >= 4 is 12.3 Å². The van der Waals surface area contributed by atoms with Crippen molar-refractivity contribution in [3.05, 3.63) is 71.3 Å². The second-order valence-corrected chi connectivity index (χ2v) is 4.40. The van der Waals surface area contributed by atoms with Crippen molar-refractivity contribution in [2.45, 2.75) is 12.8 Å². The molecule has 101 valence electrons. The maximum Gasteiger partial charge on any atom is 0.338 e. The Labute approximate surface area is 118 Å². The van der Waals surface area contributed by atoms with Gasteiger partial charge in [-0.15, -0.1) is 0 Å². The summed E-state index contributed by atoms with van der Waals surface area (Å²) in [6.45, 7) is 0.384. The molecule has 0 aromatic heterocycles. The lowest BCUT2D eigenvalue weighted by Crippen LogP contribution is -2.07. The number of aryl methyl sites for hydroxylation is 1. The zero-order valence-corrected chi connectivity index (χ0v) is 11.0. The molecule has 2 rings (SSSR count). The van der Waals surface area contributed by atoms with Crippen LogP contribution in [0.3, 0.4) is 0 Å². The number of rotatable bonds is 6. The van der Waals surface area contributed by atoms with Crippen molar-refractivity contribution in [1.29, 1.82) is 0 Å². The largest absolute Gasteiger partial charge is 0.462 e. The molecular weight excluding hydrogens is 252 g/mol. The Hall–Kier alpha value is -2.42. The van der Waals surface area contributed by atoms with E-state index in [0.29, 0.717) is 17.7 Å². The Kier molecular flexibility index (Phi) is 5.07. The van der Waals surface area contributed by atoms with Crippen molar-refractivity contribution in [2.24, 2.45) is 0 Å². The van der Waals surface area contributed by atoms with Crippen molar-refractivity contribution < 1.29 is 14.3 Å². The van der Waals surface area contributed by atoms with E-state index in [0.717, 1.165) is 12.8 Å². The van der Waals surface area contributed by atoms with E-state index in [1.165, 1.54) is 5.56 Å². The summed E-state index contributed by atoms with van der Waals surface area (Å²) in [5.41, 5.74) is 2.10. The standard InChI is InChI=1S/C17H15O3/c18-13-15-8-10-16(11-9-15)17(19)20-12-4-7-14-5-2-1-3-6-14/h1-3,5-6,8-11H,4,7,12H2. The number of ether oxygens (including phenoxy) is 1. The summed E-state index contributed by atoms with van der Waals surface area (Å²) >= 11 is 0. The third-order valence-corrected chi connectivity index (χ3v) is 2.92. The second kappa shape index (κ2) is 7.24. The van der Waals surface area contributed by atoms with E-state index in [-0.39, 0.29) is 5.97 Å². The van der Waals surface area contributed by atoms with Crippen molar-refractivity contribution in [1.82, 2.24) is 0 Å². The lowest BCUT2D eigenvalue weighted by atomic mass is 10.1. The normalized spacial score (nSPS) is 10.0. The van der Waals surface area contributed by atoms with Gasteiger partial charge in [0.05, 0.1) is 12.2 Å². The minimum absolute atomic E-state index is 0.365. The van der Waals surface area contributed by atoms with Gasteiger partial charge in [0, 0.05) is 5.56 Å². The molecule has 0 aliphatic carbocycles. The van der Waals surface area contributed by atoms with Crippen molar-refractivity contribution in [3.8, 4) is 0 Å². The molecular formula is C17H15O3. The SMILES string of the molecule is O=[C]c1ccc(C(=O)OCCCc2ccccc2)cc1. The lowest BCUT2D eigenvalue weighted by molar-refractivity contribution is 0.0500. The van der Waals surface area contributed by atoms with Crippen LogP contribution < -0.4 is 0 Å². The first kappa shape index (κ1) is 14.0. The van der Waals surface area contributed by atoms with Crippen LogP contribution in [0.4, 0.5) is 0 Å². The van der Waals surface area contributed by atoms with E-state index in [1.807, 2.05) is 18.2 Å². The Morgan fingerprint density at radius 1 is 1.00 bits per heavy atom. The number of hydrogen-bond acceptors (Lipinski definition) is 3. The van der Waals surface area contributed by atoms with Crippen molar-refractivity contribution in [2.75, 3.05) is 6.61 Å². The molecule has 0 amide bonds. The summed E-state index contributed by atoms with van der Waals surface area (Å²) in [4.78, 5) is 22.1. The lowest BCUT2D eigenvalue weighted by Gasteiger charge is -2.05. The summed E-state index contributed by atoms with van der Waals surface area (Å²) in [7, 11) is 0. The highest BCUT2D eigenvalue weighted by Crippen LogP contribution is 2.06. The molecule has 0 spiro atoms. The number of benzene rings is 2. The number of carbonyl (C=O) groups is 1. The molecule has 2 aromatic rings. The maximum atomic E-state index is 11.7. The molecule has 3 nitrogen and oxygen atoms in total. The summed E-state index contributed by atoms with van der Waals surface area (Å²) in [6.07, 6.45) is 3.43. The Bertz CT molecular complexity index is 559. The van der Waals surface area contributed by atoms with Gasteiger partial charge in [-0.3, -0.25) is 4.79 Å². The number of carbonyl (C=O) groups excluding carboxylic acids is 2. The molecule has 0 N–H and O–H groups in total. The maximum absolute atomic E-state index is 11.7. The zero-order valence-electron chi connectivity index (χ0n) is 11.0. The molecule has 2 aromatic carbocycles. The van der Waals surface area contributed by atoms with Gasteiger partial charge in [0.2, 0.25) is 6.29 Å². The Morgan fingerprint density at radius 3 is 2.35 bits per heavy atom. The highest BCUT2D eigenvalue weighted by molar-refractivity contribution is 5.90. The van der Waals surface area contributed by atoms with Crippen LogP contribution in [0, 0.1) is 0 Å². The van der Waals surface area contributed by atoms with Gasteiger partial charge in [-0.05, 0) is 30.5 Å². The van der Waals surface area contributed by atoms with Crippen LogP contribution in [0.15, 0.2) is 54.6 Å². The molecule has 0 aliphatic heterocycles. The van der Waals surface area contributed by atoms with Gasteiger partial charge >= 0.3 is 5.97 Å². The third-order valence-electron chi connectivity index (χ3n) is 2.92. The fourth-order valence-corrected chi connectivity index (χ4v) is 1.84. The summed E-state index contributed by atoms with van der Waals surface area (Å²) in [5, 5.41) is 0. The number of esters is 1. The number of hydrogen-bond donors (Lipinski definition) is 0. The molecule has 0 fully saturated rings. The molecule has 0 heterocycles. The van der Waals surface area contributed by atoms with Gasteiger partial charge in [-0.1, -0.05) is 42.5 Å². The molecule has 1 radical (unpaired) electrons. The quantitative estimate of drug-likeness (QED) is 0.597. The van der Waals surface area contributed by atoms with E-state index >= 15 is 0 Å². The highest BCUT2D eigenvalue weighted by Gasteiger charge is 2.06. The molecule has 0 saturated carbocycles. The van der Waals surface area contributed by atoms with Gasteiger partial charge in [-0.25, -0.2) is 4.79 Å². The van der Waals surface area contributed by atoms with Gasteiger partial charge < -0.3 is 4.74 Å². The van der Waals surface area contributed by atoms with Crippen LogP contribution in [0.2, 0.25) is 0 Å². The van der Waals surface area contributed by atoms with E-state index in [2.05, 4.69) is 12.1 Å². The van der Waals surface area contributed by atoms with E-state index < -0.39 is 0 Å². The molecule has 0 bridgehead atoms. The first-order valence-electron chi connectivity index (χ1n) is 6.49.